The van der Waals surface area contributed by atoms with Crippen molar-refractivity contribution in [3.63, 3.8) is 0 Å². The number of hydrogen-bond donors (Lipinski definition) is 1. The molecule has 0 radical (unpaired) electrons. The second-order valence-corrected chi connectivity index (χ2v) is 9.57. The van der Waals surface area contributed by atoms with Crippen molar-refractivity contribution in [1.82, 2.24) is 9.78 Å². The molecule has 0 unspecified atom stereocenters. The van der Waals surface area contributed by atoms with Gasteiger partial charge in [-0.1, -0.05) is 30.3 Å². The molecule has 10 heteroatoms. The van der Waals surface area contributed by atoms with E-state index in [1.165, 1.54) is 16.8 Å². The van der Waals surface area contributed by atoms with Crippen molar-refractivity contribution in [2.24, 2.45) is 0 Å². The van der Waals surface area contributed by atoms with Crippen LogP contribution in [0.3, 0.4) is 0 Å². The lowest BCUT2D eigenvalue weighted by molar-refractivity contribution is -0.384. The Labute approximate surface area is 195 Å². The Morgan fingerprint density at radius 1 is 1.00 bits per heavy atom. The summed E-state index contributed by atoms with van der Waals surface area (Å²) < 4.78 is 26.6. The number of benzene rings is 3. The molecule has 34 heavy (non-hydrogen) atoms. The zero-order chi connectivity index (χ0) is 24.3. The molecule has 1 amide bonds. The van der Waals surface area contributed by atoms with Crippen LogP contribution in [-0.4, -0.2) is 29.0 Å². The van der Waals surface area contributed by atoms with Crippen LogP contribution in [0.15, 0.2) is 89.8 Å². The van der Waals surface area contributed by atoms with Crippen molar-refractivity contribution in [2.45, 2.75) is 17.6 Å². The number of aryl methyl sites for hydroxylation is 1. The van der Waals surface area contributed by atoms with Gasteiger partial charge in [-0.15, -0.1) is 0 Å². The Morgan fingerprint density at radius 3 is 2.26 bits per heavy atom. The fraction of sp³-hybridized carbons (Fsp3) is 0.0833. The summed E-state index contributed by atoms with van der Waals surface area (Å²) in [4.78, 5) is 23.4. The number of nitrogens with zero attached hydrogens (tertiary/aromatic N) is 3. The minimum Gasteiger partial charge on any atom is -0.306 e. The molecule has 1 N–H and O–H groups in total. The van der Waals surface area contributed by atoms with Crippen LogP contribution < -0.4 is 5.32 Å². The Balaban J connectivity index is 1.50. The molecule has 3 aromatic carbocycles. The summed E-state index contributed by atoms with van der Waals surface area (Å²) in [6.07, 6.45) is 0. The van der Waals surface area contributed by atoms with Gasteiger partial charge in [0, 0.05) is 23.8 Å². The molecule has 1 heterocycles. The van der Waals surface area contributed by atoms with Crippen molar-refractivity contribution in [1.29, 1.82) is 0 Å². The predicted molar refractivity (Wildman–Crippen MR) is 127 cm³/mol. The molecule has 0 atom stereocenters. The third-order valence-corrected chi connectivity index (χ3v) is 6.76. The summed E-state index contributed by atoms with van der Waals surface area (Å²) in [5.74, 6) is -0.182. The number of aromatic nitrogens is 2. The summed E-state index contributed by atoms with van der Waals surface area (Å²) >= 11 is 0. The number of carbonyl (C=O) groups excluding carboxylic acids is 1. The third-order valence-electron chi connectivity index (χ3n) is 5.05. The predicted octanol–water partition coefficient (Wildman–Crippen LogP) is 4.32. The number of sulfone groups is 1. The highest BCUT2D eigenvalue weighted by atomic mass is 32.2. The number of nitro groups is 1. The van der Waals surface area contributed by atoms with E-state index in [1.54, 1.807) is 79.7 Å². The molecule has 0 saturated carbocycles. The SMILES string of the molecule is Cc1cc(NC(=O)c2ccc(CS(=O)(=O)c3ccccc3)cc2)n(-c2ccc([N+](=O)[O-])cc2)n1. The van der Waals surface area contributed by atoms with Gasteiger partial charge in [0.2, 0.25) is 0 Å². The molecule has 0 aliphatic heterocycles. The highest BCUT2D eigenvalue weighted by Gasteiger charge is 2.17. The first-order valence-electron chi connectivity index (χ1n) is 10.2. The highest BCUT2D eigenvalue weighted by Crippen LogP contribution is 2.21. The summed E-state index contributed by atoms with van der Waals surface area (Å²) in [5, 5.41) is 18.0. The zero-order valence-electron chi connectivity index (χ0n) is 18.1. The first kappa shape index (κ1) is 22.9. The van der Waals surface area contributed by atoms with E-state index in [0.29, 0.717) is 28.3 Å². The maximum Gasteiger partial charge on any atom is 0.269 e. The fourth-order valence-electron chi connectivity index (χ4n) is 3.37. The van der Waals surface area contributed by atoms with E-state index in [1.807, 2.05) is 0 Å². The van der Waals surface area contributed by atoms with Gasteiger partial charge in [0.25, 0.3) is 11.6 Å². The van der Waals surface area contributed by atoms with E-state index in [4.69, 9.17) is 0 Å². The van der Waals surface area contributed by atoms with Crippen molar-refractivity contribution in [2.75, 3.05) is 5.32 Å². The van der Waals surface area contributed by atoms with Gasteiger partial charge in [0.1, 0.15) is 5.82 Å². The number of nitrogens with one attached hydrogen (secondary N) is 1. The zero-order valence-corrected chi connectivity index (χ0v) is 18.9. The number of non-ortho nitro benzene ring substituents is 1. The molecule has 0 spiro atoms. The van der Waals surface area contributed by atoms with Gasteiger partial charge >= 0.3 is 0 Å². The lowest BCUT2D eigenvalue weighted by Gasteiger charge is -2.10. The van der Waals surface area contributed by atoms with E-state index < -0.39 is 20.7 Å². The van der Waals surface area contributed by atoms with Crippen LogP contribution in [-0.2, 0) is 15.6 Å². The van der Waals surface area contributed by atoms with Gasteiger partial charge in [0.05, 0.1) is 27.0 Å². The molecule has 0 aliphatic carbocycles. The smallest absolute Gasteiger partial charge is 0.269 e. The number of hydrogen-bond acceptors (Lipinski definition) is 6. The summed E-state index contributed by atoms with van der Waals surface area (Å²) in [7, 11) is -3.49. The number of amides is 1. The summed E-state index contributed by atoms with van der Waals surface area (Å²) in [5.41, 5.74) is 2.06. The largest absolute Gasteiger partial charge is 0.306 e. The Bertz CT molecular complexity index is 1450. The third kappa shape index (κ3) is 5.02. The van der Waals surface area contributed by atoms with Crippen LogP contribution in [0.4, 0.5) is 11.5 Å². The minimum absolute atomic E-state index is 0.0485. The van der Waals surface area contributed by atoms with Gasteiger partial charge in [-0.25, -0.2) is 13.1 Å². The summed E-state index contributed by atoms with van der Waals surface area (Å²) in [6, 6.07) is 22.0. The van der Waals surface area contributed by atoms with Crippen LogP contribution in [0.1, 0.15) is 21.6 Å². The molecule has 172 valence electrons. The quantitative estimate of drug-likeness (QED) is 0.313. The molecule has 1 aromatic heterocycles. The normalized spacial score (nSPS) is 11.2. The first-order valence-corrected chi connectivity index (χ1v) is 11.9. The molecular formula is C24H20N4O5S. The van der Waals surface area contributed by atoms with Crippen LogP contribution >= 0.6 is 0 Å². The van der Waals surface area contributed by atoms with E-state index in [9.17, 15) is 23.3 Å². The Kier molecular flexibility index (Phi) is 6.24. The number of carbonyl (C=O) groups is 1. The maximum atomic E-state index is 12.8. The fourth-order valence-corrected chi connectivity index (χ4v) is 4.74. The van der Waals surface area contributed by atoms with Crippen molar-refractivity contribution < 1.29 is 18.1 Å². The molecule has 0 aliphatic rings. The van der Waals surface area contributed by atoms with Crippen LogP contribution in [0.25, 0.3) is 5.69 Å². The molecule has 4 aromatic rings. The van der Waals surface area contributed by atoms with Gasteiger partial charge in [-0.3, -0.25) is 14.9 Å². The van der Waals surface area contributed by atoms with Gasteiger partial charge < -0.3 is 5.32 Å². The highest BCUT2D eigenvalue weighted by molar-refractivity contribution is 7.90. The van der Waals surface area contributed by atoms with E-state index >= 15 is 0 Å². The first-order chi connectivity index (χ1) is 16.2. The van der Waals surface area contributed by atoms with Crippen LogP contribution in [0.2, 0.25) is 0 Å². The minimum atomic E-state index is -3.49. The lowest BCUT2D eigenvalue weighted by Crippen LogP contribution is -2.15. The Morgan fingerprint density at radius 2 is 1.65 bits per heavy atom. The van der Waals surface area contributed by atoms with Crippen molar-refractivity contribution in [3.05, 3.63) is 112 Å². The lowest BCUT2D eigenvalue weighted by atomic mass is 10.1. The molecule has 9 nitrogen and oxygen atoms in total. The topological polar surface area (TPSA) is 124 Å². The van der Waals surface area contributed by atoms with Crippen molar-refractivity contribution in [3.8, 4) is 5.69 Å². The second kappa shape index (κ2) is 9.28. The monoisotopic (exact) mass is 476 g/mol. The molecule has 0 saturated heterocycles. The molecule has 4 rings (SSSR count). The molecule has 0 fully saturated rings. The second-order valence-electron chi connectivity index (χ2n) is 7.58. The molecular weight excluding hydrogens is 456 g/mol. The maximum absolute atomic E-state index is 12.8. The number of rotatable bonds is 7. The average molecular weight is 477 g/mol. The van der Waals surface area contributed by atoms with E-state index in [2.05, 4.69) is 10.4 Å². The van der Waals surface area contributed by atoms with Gasteiger partial charge in [-0.05, 0) is 48.9 Å². The Hall–Kier alpha value is -4.31. The average Bonchev–Trinajstić information content (AvgIpc) is 3.19. The van der Waals surface area contributed by atoms with E-state index in [-0.39, 0.29) is 16.3 Å². The van der Waals surface area contributed by atoms with Crippen molar-refractivity contribution >= 4 is 27.2 Å². The number of nitro benzene ring substituents is 1. The van der Waals surface area contributed by atoms with Gasteiger partial charge in [0.15, 0.2) is 9.84 Å². The standard InChI is InChI=1S/C24H20N4O5S/c1-17-15-23(27(26-17)20-11-13-21(14-12-20)28(30)31)25-24(29)19-9-7-18(8-10-19)16-34(32,33)22-5-3-2-4-6-22/h2-15H,16H2,1H3,(H,25,29). The summed E-state index contributed by atoms with van der Waals surface area (Å²) in [6.45, 7) is 1.76. The van der Waals surface area contributed by atoms with Gasteiger partial charge in [-0.2, -0.15) is 5.10 Å². The molecule has 0 bridgehead atoms. The number of anilines is 1. The van der Waals surface area contributed by atoms with E-state index in [0.717, 1.165) is 0 Å². The van der Waals surface area contributed by atoms with Crippen LogP contribution in [0.5, 0.6) is 0 Å². The van der Waals surface area contributed by atoms with Crippen LogP contribution in [0, 0.1) is 17.0 Å².